The molecule has 0 radical (unpaired) electrons. The van der Waals surface area contributed by atoms with Gasteiger partial charge in [-0.3, -0.25) is 4.79 Å². The molecule has 9 heteroatoms. The lowest BCUT2D eigenvalue weighted by atomic mass is 9.64. The molecule has 5 nitrogen and oxygen atoms in total. The molecule has 2 aromatic carbocycles. The number of nitrogens with zero attached hydrogens (tertiary/aromatic N) is 1. The Balaban J connectivity index is 1.78. The Morgan fingerprint density at radius 3 is 2.60 bits per heavy atom. The van der Waals surface area contributed by atoms with Gasteiger partial charge in [-0.05, 0) is 49.8 Å². The van der Waals surface area contributed by atoms with E-state index in [1.54, 1.807) is 0 Å². The van der Waals surface area contributed by atoms with Gasteiger partial charge >= 0.3 is 18.1 Å². The molecule has 1 N–H and O–H groups in total. The Labute approximate surface area is 207 Å². The molecule has 1 fully saturated rings. The number of alkyl halides is 4. The standard InChI is InChI=1S/C26H28ClF3N2O3/c1-16-8-9-21-19(12-16)25(14-20(23(33)35-2)31-24(34)26(28,29)30)11-10-18(27)13-22(25)32(21)15-17-6-4-3-5-7-17/h3-9,12,18,20,22H,10-11,13-15H2,1-2H3,(H,31,34)/t18-,20?,22+,25-/m0/s1. The molecular weight excluding hydrogens is 481 g/mol. The predicted octanol–water partition coefficient (Wildman–Crippen LogP) is 5.02. The van der Waals surface area contributed by atoms with Crippen molar-refractivity contribution in [3.05, 3.63) is 65.2 Å². The van der Waals surface area contributed by atoms with E-state index >= 15 is 0 Å². The largest absolute Gasteiger partial charge is 0.471 e. The fraction of sp³-hybridized carbons (Fsp3) is 0.462. The van der Waals surface area contributed by atoms with Crippen LogP contribution in [0.1, 0.15) is 42.4 Å². The molecule has 188 valence electrons. The number of hydrogen-bond acceptors (Lipinski definition) is 4. The van der Waals surface area contributed by atoms with Crippen molar-refractivity contribution in [2.45, 2.75) is 68.2 Å². The molecule has 1 heterocycles. The van der Waals surface area contributed by atoms with Crippen LogP contribution in [0.5, 0.6) is 0 Å². The number of nitrogens with one attached hydrogen (secondary N) is 1. The second kappa shape index (κ2) is 9.72. The summed E-state index contributed by atoms with van der Waals surface area (Å²) >= 11 is 6.62. The average molecular weight is 509 g/mol. The number of ether oxygens (including phenoxy) is 1. The highest BCUT2D eigenvalue weighted by molar-refractivity contribution is 6.20. The fourth-order valence-corrected chi connectivity index (χ4v) is 5.91. The second-order valence-corrected chi connectivity index (χ2v) is 10.0. The molecule has 4 atom stereocenters. The van der Waals surface area contributed by atoms with Gasteiger partial charge < -0.3 is 15.0 Å². The van der Waals surface area contributed by atoms with Crippen molar-refractivity contribution in [2.75, 3.05) is 12.0 Å². The lowest BCUT2D eigenvalue weighted by molar-refractivity contribution is -0.176. The van der Waals surface area contributed by atoms with Crippen molar-refractivity contribution >= 4 is 29.2 Å². The number of anilines is 1. The van der Waals surface area contributed by atoms with Gasteiger partial charge in [-0.1, -0.05) is 48.0 Å². The number of carbonyl (C=O) groups is 2. The third-order valence-corrected chi connectivity index (χ3v) is 7.60. The molecule has 1 saturated carbocycles. The van der Waals surface area contributed by atoms with E-state index in [1.807, 2.05) is 60.8 Å². The number of methoxy groups -OCH3 is 1. The van der Waals surface area contributed by atoms with Crippen LogP contribution in [0.4, 0.5) is 18.9 Å². The monoisotopic (exact) mass is 508 g/mol. The molecule has 4 rings (SSSR count). The van der Waals surface area contributed by atoms with Crippen molar-refractivity contribution < 1.29 is 27.5 Å². The van der Waals surface area contributed by atoms with Gasteiger partial charge in [-0.2, -0.15) is 13.2 Å². The molecule has 2 aromatic rings. The molecule has 2 aliphatic rings. The van der Waals surface area contributed by atoms with E-state index in [4.69, 9.17) is 16.3 Å². The maximum absolute atomic E-state index is 13.1. The van der Waals surface area contributed by atoms with Crippen molar-refractivity contribution in [3.8, 4) is 0 Å². The zero-order valence-electron chi connectivity index (χ0n) is 19.6. The molecule has 0 aromatic heterocycles. The van der Waals surface area contributed by atoms with Gasteiger partial charge in [0.2, 0.25) is 0 Å². The molecule has 0 spiro atoms. The third-order valence-electron chi connectivity index (χ3n) is 7.21. The Bertz CT molecular complexity index is 1090. The van der Waals surface area contributed by atoms with Crippen molar-refractivity contribution in [1.82, 2.24) is 5.32 Å². The number of amides is 1. The molecule has 0 saturated heterocycles. The van der Waals surface area contributed by atoms with E-state index < -0.39 is 29.5 Å². The topological polar surface area (TPSA) is 58.6 Å². The lowest BCUT2D eigenvalue weighted by Crippen LogP contribution is -2.55. The average Bonchev–Trinajstić information content (AvgIpc) is 3.06. The normalized spacial score (nSPS) is 24.3. The van der Waals surface area contributed by atoms with Gasteiger partial charge in [-0.25, -0.2) is 4.79 Å². The van der Waals surface area contributed by atoms with Crippen LogP contribution in [0.3, 0.4) is 0 Å². The molecule has 1 aliphatic carbocycles. The zero-order valence-corrected chi connectivity index (χ0v) is 20.3. The summed E-state index contributed by atoms with van der Waals surface area (Å²) in [5, 5.41) is 1.79. The fourth-order valence-electron chi connectivity index (χ4n) is 5.64. The molecule has 35 heavy (non-hydrogen) atoms. The van der Waals surface area contributed by atoms with E-state index in [2.05, 4.69) is 4.90 Å². The number of esters is 1. The van der Waals surface area contributed by atoms with Gasteiger partial charge in [0, 0.05) is 29.1 Å². The highest BCUT2D eigenvalue weighted by Crippen LogP contribution is 2.56. The first-order chi connectivity index (χ1) is 16.5. The number of hydrogen-bond donors (Lipinski definition) is 1. The van der Waals surface area contributed by atoms with Gasteiger partial charge in [0.1, 0.15) is 6.04 Å². The number of rotatable bonds is 6. The Hall–Kier alpha value is -2.74. The minimum absolute atomic E-state index is 0.0164. The van der Waals surface area contributed by atoms with E-state index in [-0.39, 0.29) is 17.8 Å². The highest BCUT2D eigenvalue weighted by atomic mass is 35.5. The minimum atomic E-state index is -5.11. The summed E-state index contributed by atoms with van der Waals surface area (Å²) in [6, 6.07) is 14.4. The van der Waals surface area contributed by atoms with Gasteiger partial charge in [0.05, 0.1) is 7.11 Å². The minimum Gasteiger partial charge on any atom is -0.467 e. The number of carbonyl (C=O) groups excluding carboxylic acids is 2. The van der Waals surface area contributed by atoms with Crippen LogP contribution < -0.4 is 10.2 Å². The van der Waals surface area contributed by atoms with E-state index in [9.17, 15) is 22.8 Å². The zero-order chi connectivity index (χ0) is 25.4. The Morgan fingerprint density at radius 2 is 1.94 bits per heavy atom. The van der Waals surface area contributed by atoms with Crippen molar-refractivity contribution in [3.63, 3.8) is 0 Å². The maximum atomic E-state index is 13.1. The molecule has 1 aliphatic heterocycles. The molecular formula is C26H28ClF3N2O3. The van der Waals surface area contributed by atoms with Crippen LogP contribution in [0.15, 0.2) is 48.5 Å². The summed E-state index contributed by atoms with van der Waals surface area (Å²) < 4.78 is 44.0. The van der Waals surface area contributed by atoms with Gasteiger partial charge in [-0.15, -0.1) is 11.6 Å². The van der Waals surface area contributed by atoms with Crippen LogP contribution in [0, 0.1) is 6.92 Å². The summed E-state index contributed by atoms with van der Waals surface area (Å²) in [6.45, 7) is 2.55. The van der Waals surface area contributed by atoms with Gasteiger partial charge in [0.25, 0.3) is 0 Å². The summed E-state index contributed by atoms with van der Waals surface area (Å²) in [6.07, 6.45) is -3.31. The van der Waals surface area contributed by atoms with Gasteiger partial charge in [0.15, 0.2) is 0 Å². The van der Waals surface area contributed by atoms with Crippen molar-refractivity contribution in [2.24, 2.45) is 0 Å². The Morgan fingerprint density at radius 1 is 1.23 bits per heavy atom. The first kappa shape index (κ1) is 25.4. The summed E-state index contributed by atoms with van der Waals surface area (Å²) in [7, 11) is 1.11. The number of aryl methyl sites for hydroxylation is 1. The third kappa shape index (κ3) is 4.99. The number of fused-ring (bicyclic) bond motifs is 3. The molecule has 1 unspecified atom stereocenters. The van der Waals surface area contributed by atoms with Crippen LogP contribution in [-0.2, 0) is 26.3 Å². The maximum Gasteiger partial charge on any atom is 0.471 e. The predicted molar refractivity (Wildman–Crippen MR) is 127 cm³/mol. The molecule has 1 amide bonds. The van der Waals surface area contributed by atoms with Crippen LogP contribution in [-0.4, -0.2) is 42.6 Å². The van der Waals surface area contributed by atoms with E-state index in [0.29, 0.717) is 25.8 Å². The quantitative estimate of drug-likeness (QED) is 0.439. The second-order valence-electron chi connectivity index (χ2n) is 9.43. The van der Waals surface area contributed by atoms with Crippen LogP contribution in [0.2, 0.25) is 0 Å². The van der Waals surface area contributed by atoms with E-state index in [0.717, 1.165) is 29.5 Å². The Kier molecular flexibility index (Phi) is 7.04. The number of benzene rings is 2. The molecule has 0 bridgehead atoms. The first-order valence-electron chi connectivity index (χ1n) is 11.6. The van der Waals surface area contributed by atoms with Crippen molar-refractivity contribution in [1.29, 1.82) is 0 Å². The lowest BCUT2D eigenvalue weighted by Gasteiger charge is -2.46. The van der Waals surface area contributed by atoms with Crippen LogP contribution in [0.25, 0.3) is 0 Å². The summed E-state index contributed by atoms with van der Waals surface area (Å²) in [4.78, 5) is 26.7. The summed E-state index contributed by atoms with van der Waals surface area (Å²) in [5.74, 6) is -3.06. The van der Waals surface area contributed by atoms with E-state index in [1.165, 1.54) is 0 Å². The highest BCUT2D eigenvalue weighted by Gasteiger charge is 2.55. The van der Waals surface area contributed by atoms with Crippen LogP contribution >= 0.6 is 11.6 Å². The smallest absolute Gasteiger partial charge is 0.467 e. The number of halogens is 4. The summed E-state index contributed by atoms with van der Waals surface area (Å²) in [5.41, 5.74) is 3.35. The SMILES string of the molecule is COC(=O)C(C[C@]12CC[C@H](Cl)C[C@H]1N(Cc1ccccc1)c1ccc(C)cc12)NC(=O)C(F)(F)F. The first-order valence-corrected chi connectivity index (χ1v) is 12.0.